The van der Waals surface area contributed by atoms with Gasteiger partial charge in [-0.15, -0.1) is 0 Å². The molecule has 0 saturated carbocycles. The Morgan fingerprint density at radius 2 is 1.88 bits per heavy atom. The normalized spacial score (nSPS) is 10.2. The zero-order valence-corrected chi connectivity index (χ0v) is 9.48. The highest BCUT2D eigenvalue weighted by molar-refractivity contribution is 5.42. The monoisotopic (exact) mass is 232 g/mol. The summed E-state index contributed by atoms with van der Waals surface area (Å²) < 4.78 is 18.8. The van der Waals surface area contributed by atoms with E-state index in [1.165, 1.54) is 6.07 Å². The lowest BCUT2D eigenvalue weighted by atomic mass is 10.2. The Labute approximate surface area is 99.3 Å². The Morgan fingerprint density at radius 3 is 2.65 bits per heavy atom. The van der Waals surface area contributed by atoms with Crippen LogP contribution in [0.2, 0.25) is 0 Å². The Bertz CT molecular complexity index is 523. The van der Waals surface area contributed by atoms with E-state index in [2.05, 4.69) is 0 Å². The van der Waals surface area contributed by atoms with Crippen molar-refractivity contribution in [3.8, 4) is 11.5 Å². The first kappa shape index (κ1) is 11.5. The minimum absolute atomic E-state index is 0.150. The van der Waals surface area contributed by atoms with Gasteiger partial charge in [0.05, 0.1) is 0 Å². The predicted octanol–water partition coefficient (Wildman–Crippen LogP) is 3.42. The lowest BCUT2D eigenvalue weighted by molar-refractivity contribution is 0.296. The topological polar surface area (TPSA) is 29.5 Å². The number of ether oxygens (including phenoxy) is 1. The standard InChI is InChI=1S/C14H13FO2/c1-10-13(16)7-4-8-14(10)17-9-11-5-2-3-6-12(11)15/h2-8,16H,9H2,1H3. The molecule has 0 heterocycles. The van der Waals surface area contributed by atoms with Crippen LogP contribution in [-0.4, -0.2) is 5.11 Å². The van der Waals surface area contributed by atoms with Crippen molar-refractivity contribution in [3.63, 3.8) is 0 Å². The molecule has 0 fully saturated rings. The van der Waals surface area contributed by atoms with Crippen LogP contribution in [0.5, 0.6) is 11.5 Å². The third kappa shape index (κ3) is 2.56. The van der Waals surface area contributed by atoms with Crippen LogP contribution in [0.1, 0.15) is 11.1 Å². The molecule has 0 aromatic heterocycles. The first-order valence-corrected chi connectivity index (χ1v) is 5.33. The third-order valence-corrected chi connectivity index (χ3v) is 2.60. The average molecular weight is 232 g/mol. The van der Waals surface area contributed by atoms with Crippen molar-refractivity contribution < 1.29 is 14.2 Å². The van der Waals surface area contributed by atoms with Crippen molar-refractivity contribution in [3.05, 3.63) is 59.4 Å². The summed E-state index contributed by atoms with van der Waals surface area (Å²) in [5.41, 5.74) is 1.15. The van der Waals surface area contributed by atoms with Crippen LogP contribution in [0, 0.1) is 12.7 Å². The van der Waals surface area contributed by atoms with Gasteiger partial charge in [0.2, 0.25) is 0 Å². The molecule has 0 spiro atoms. The van der Waals surface area contributed by atoms with E-state index in [4.69, 9.17) is 4.74 Å². The fourth-order valence-corrected chi connectivity index (χ4v) is 1.53. The summed E-state index contributed by atoms with van der Waals surface area (Å²) in [5, 5.41) is 9.50. The predicted molar refractivity (Wildman–Crippen MR) is 63.6 cm³/mol. The fraction of sp³-hybridized carbons (Fsp3) is 0.143. The van der Waals surface area contributed by atoms with Crippen LogP contribution in [0.25, 0.3) is 0 Å². The number of hydrogen-bond donors (Lipinski definition) is 1. The first-order valence-electron chi connectivity index (χ1n) is 5.33. The van der Waals surface area contributed by atoms with Gasteiger partial charge in [0, 0.05) is 11.1 Å². The molecular weight excluding hydrogens is 219 g/mol. The molecule has 2 rings (SSSR count). The zero-order valence-electron chi connectivity index (χ0n) is 9.48. The SMILES string of the molecule is Cc1c(O)cccc1OCc1ccccc1F. The molecule has 0 saturated heterocycles. The number of hydrogen-bond acceptors (Lipinski definition) is 2. The molecule has 0 atom stereocenters. The van der Waals surface area contributed by atoms with Gasteiger partial charge in [0.15, 0.2) is 0 Å². The second-order valence-corrected chi connectivity index (χ2v) is 3.78. The molecule has 2 aromatic carbocycles. The van der Waals surface area contributed by atoms with Crippen LogP contribution in [-0.2, 0) is 6.61 Å². The first-order chi connectivity index (χ1) is 8.18. The Kier molecular flexibility index (Phi) is 3.28. The molecule has 17 heavy (non-hydrogen) atoms. The molecule has 88 valence electrons. The maximum atomic E-state index is 13.3. The van der Waals surface area contributed by atoms with Crippen molar-refractivity contribution in [1.82, 2.24) is 0 Å². The van der Waals surface area contributed by atoms with Crippen molar-refractivity contribution in [2.75, 3.05) is 0 Å². The van der Waals surface area contributed by atoms with Gasteiger partial charge in [-0.25, -0.2) is 4.39 Å². The number of benzene rings is 2. The van der Waals surface area contributed by atoms with E-state index in [0.29, 0.717) is 16.9 Å². The Balaban J connectivity index is 2.13. The van der Waals surface area contributed by atoms with Crippen LogP contribution in [0.4, 0.5) is 4.39 Å². The van der Waals surface area contributed by atoms with Crippen molar-refractivity contribution >= 4 is 0 Å². The molecule has 1 N–H and O–H groups in total. The second kappa shape index (κ2) is 4.87. The van der Waals surface area contributed by atoms with Gasteiger partial charge in [-0.05, 0) is 25.1 Å². The number of phenolic OH excluding ortho intramolecular Hbond substituents is 1. The van der Waals surface area contributed by atoms with E-state index in [0.717, 1.165) is 0 Å². The molecule has 2 aromatic rings. The molecule has 0 aliphatic heterocycles. The summed E-state index contributed by atoms with van der Waals surface area (Å²) in [6, 6.07) is 11.5. The van der Waals surface area contributed by atoms with Crippen molar-refractivity contribution in [1.29, 1.82) is 0 Å². The summed E-state index contributed by atoms with van der Waals surface area (Å²) in [6.45, 7) is 1.91. The number of phenols is 1. The molecule has 0 amide bonds. The summed E-state index contributed by atoms with van der Waals surface area (Å²) in [7, 11) is 0. The highest BCUT2D eigenvalue weighted by atomic mass is 19.1. The van der Waals surface area contributed by atoms with Crippen LogP contribution in [0.3, 0.4) is 0 Å². The largest absolute Gasteiger partial charge is 0.508 e. The van der Waals surface area contributed by atoms with E-state index < -0.39 is 0 Å². The van der Waals surface area contributed by atoms with Gasteiger partial charge in [0.1, 0.15) is 23.9 Å². The third-order valence-electron chi connectivity index (χ3n) is 2.60. The molecule has 0 radical (unpaired) electrons. The van der Waals surface area contributed by atoms with E-state index in [-0.39, 0.29) is 18.2 Å². The van der Waals surface area contributed by atoms with E-state index in [1.807, 2.05) is 0 Å². The van der Waals surface area contributed by atoms with Gasteiger partial charge in [-0.3, -0.25) is 0 Å². The van der Waals surface area contributed by atoms with Crippen LogP contribution >= 0.6 is 0 Å². The molecule has 3 heteroatoms. The van der Waals surface area contributed by atoms with E-state index in [9.17, 15) is 9.50 Å². The fourth-order valence-electron chi connectivity index (χ4n) is 1.53. The lowest BCUT2D eigenvalue weighted by Gasteiger charge is -2.10. The average Bonchev–Trinajstić information content (AvgIpc) is 2.33. The minimum atomic E-state index is -0.287. The molecule has 0 bridgehead atoms. The van der Waals surface area contributed by atoms with Gasteiger partial charge in [-0.1, -0.05) is 24.3 Å². The van der Waals surface area contributed by atoms with Gasteiger partial charge < -0.3 is 9.84 Å². The van der Waals surface area contributed by atoms with Crippen molar-refractivity contribution in [2.45, 2.75) is 13.5 Å². The highest BCUT2D eigenvalue weighted by Crippen LogP contribution is 2.26. The maximum Gasteiger partial charge on any atom is 0.129 e. The van der Waals surface area contributed by atoms with Crippen LogP contribution < -0.4 is 4.74 Å². The van der Waals surface area contributed by atoms with Gasteiger partial charge >= 0.3 is 0 Å². The highest BCUT2D eigenvalue weighted by Gasteiger charge is 2.05. The number of halogens is 1. The summed E-state index contributed by atoms with van der Waals surface area (Å²) >= 11 is 0. The van der Waals surface area contributed by atoms with E-state index in [1.54, 1.807) is 43.3 Å². The molecular formula is C14H13FO2. The van der Waals surface area contributed by atoms with Crippen LogP contribution in [0.15, 0.2) is 42.5 Å². The zero-order chi connectivity index (χ0) is 12.3. The quantitative estimate of drug-likeness (QED) is 0.878. The molecule has 0 aliphatic rings. The maximum absolute atomic E-state index is 13.3. The second-order valence-electron chi connectivity index (χ2n) is 3.78. The number of aromatic hydroxyl groups is 1. The smallest absolute Gasteiger partial charge is 0.129 e. The Morgan fingerprint density at radius 1 is 1.12 bits per heavy atom. The minimum Gasteiger partial charge on any atom is -0.508 e. The molecule has 0 unspecified atom stereocenters. The lowest BCUT2D eigenvalue weighted by Crippen LogP contribution is -1.99. The van der Waals surface area contributed by atoms with Gasteiger partial charge in [-0.2, -0.15) is 0 Å². The van der Waals surface area contributed by atoms with Gasteiger partial charge in [0.25, 0.3) is 0 Å². The molecule has 0 aliphatic carbocycles. The van der Waals surface area contributed by atoms with Crippen molar-refractivity contribution in [2.24, 2.45) is 0 Å². The molecule has 2 nitrogen and oxygen atoms in total. The summed E-state index contributed by atoms with van der Waals surface area (Å²) in [6.07, 6.45) is 0. The van der Waals surface area contributed by atoms with E-state index >= 15 is 0 Å². The number of rotatable bonds is 3. The Hall–Kier alpha value is -2.03. The summed E-state index contributed by atoms with van der Waals surface area (Å²) in [5.74, 6) is 0.453. The summed E-state index contributed by atoms with van der Waals surface area (Å²) in [4.78, 5) is 0.